The van der Waals surface area contributed by atoms with Crippen molar-refractivity contribution in [2.24, 2.45) is 0 Å². The van der Waals surface area contributed by atoms with E-state index >= 15 is 0 Å². The van der Waals surface area contributed by atoms with Gasteiger partial charge < -0.3 is 19.5 Å². The minimum absolute atomic E-state index is 0.134. The molecule has 4 nitrogen and oxygen atoms in total. The largest absolute Gasteiger partial charge is 0.491 e. The summed E-state index contributed by atoms with van der Waals surface area (Å²) in [6, 6.07) is 5.79. The van der Waals surface area contributed by atoms with Crippen LogP contribution < -0.4 is 4.74 Å². The molecule has 4 heteroatoms. The van der Waals surface area contributed by atoms with Crippen LogP contribution in [0.3, 0.4) is 0 Å². The molecule has 1 heterocycles. The zero-order valence-electron chi connectivity index (χ0n) is 11.9. The van der Waals surface area contributed by atoms with Crippen LogP contribution in [0.5, 0.6) is 5.75 Å². The summed E-state index contributed by atoms with van der Waals surface area (Å²) in [5.74, 6) is 0.862. The Morgan fingerprint density at radius 2 is 2.32 bits per heavy atom. The first-order valence-corrected chi connectivity index (χ1v) is 6.78. The van der Waals surface area contributed by atoms with Crippen LogP contribution in [0.2, 0.25) is 0 Å². The van der Waals surface area contributed by atoms with E-state index in [9.17, 15) is 5.11 Å². The molecule has 0 aromatic heterocycles. The molecule has 1 fully saturated rings. The topological polar surface area (TPSA) is 41.9 Å². The molecule has 2 atom stereocenters. The van der Waals surface area contributed by atoms with Crippen LogP contribution in [0, 0.1) is 6.92 Å². The third kappa shape index (κ3) is 3.93. The number of hydrogen-bond acceptors (Lipinski definition) is 4. The van der Waals surface area contributed by atoms with Gasteiger partial charge in [0, 0.05) is 13.1 Å². The highest BCUT2D eigenvalue weighted by Gasteiger charge is 2.18. The van der Waals surface area contributed by atoms with Crippen LogP contribution in [-0.2, 0) is 4.74 Å². The third-order valence-corrected chi connectivity index (χ3v) is 3.45. The van der Waals surface area contributed by atoms with E-state index in [1.807, 2.05) is 25.1 Å². The minimum atomic E-state index is -0.442. The van der Waals surface area contributed by atoms with Gasteiger partial charge in [0.25, 0.3) is 0 Å². The van der Waals surface area contributed by atoms with E-state index in [-0.39, 0.29) is 6.10 Å². The summed E-state index contributed by atoms with van der Waals surface area (Å²) in [6.07, 6.45) is -0.308. The van der Waals surface area contributed by atoms with Gasteiger partial charge in [0.15, 0.2) is 0 Å². The number of likely N-dealkylation sites (N-methyl/N-ethyl adjacent to an activating group) is 1. The molecule has 0 radical (unpaired) electrons. The lowest BCUT2D eigenvalue weighted by molar-refractivity contribution is -0.0404. The van der Waals surface area contributed by atoms with Gasteiger partial charge in [0.2, 0.25) is 0 Å². The third-order valence-electron chi connectivity index (χ3n) is 3.45. The summed E-state index contributed by atoms with van der Waals surface area (Å²) in [7, 11) is 2.10. The molecule has 0 amide bonds. The second kappa shape index (κ2) is 6.37. The average Bonchev–Trinajstić information content (AvgIpc) is 2.37. The Kier molecular flexibility index (Phi) is 4.80. The second-order valence-electron chi connectivity index (χ2n) is 5.27. The maximum Gasteiger partial charge on any atom is 0.122 e. The number of ether oxygens (including phenoxy) is 2. The normalized spacial score (nSPS) is 22.2. The smallest absolute Gasteiger partial charge is 0.122 e. The summed E-state index contributed by atoms with van der Waals surface area (Å²) in [5.41, 5.74) is 1.96. The van der Waals surface area contributed by atoms with Crippen molar-refractivity contribution in [2.75, 3.05) is 33.4 Å². The van der Waals surface area contributed by atoms with Gasteiger partial charge in [0.1, 0.15) is 18.5 Å². The monoisotopic (exact) mass is 265 g/mol. The van der Waals surface area contributed by atoms with E-state index in [2.05, 4.69) is 11.9 Å². The van der Waals surface area contributed by atoms with Gasteiger partial charge in [-0.2, -0.15) is 0 Å². The SMILES string of the molecule is Cc1cc(C(C)O)ccc1OCC1CN(C)CCO1. The lowest BCUT2D eigenvalue weighted by Crippen LogP contribution is -2.42. The van der Waals surface area contributed by atoms with E-state index in [0.29, 0.717) is 6.61 Å². The molecule has 1 aromatic carbocycles. The molecule has 0 saturated carbocycles. The van der Waals surface area contributed by atoms with Crippen LogP contribution in [0.1, 0.15) is 24.2 Å². The van der Waals surface area contributed by atoms with E-state index < -0.39 is 6.10 Å². The number of nitrogens with zero attached hydrogens (tertiary/aromatic N) is 1. The summed E-state index contributed by atoms with van der Waals surface area (Å²) in [6.45, 7) is 6.99. The maximum absolute atomic E-state index is 9.54. The van der Waals surface area contributed by atoms with Crippen molar-refractivity contribution < 1.29 is 14.6 Å². The first-order chi connectivity index (χ1) is 9.06. The van der Waals surface area contributed by atoms with Crippen LogP contribution in [0.15, 0.2) is 18.2 Å². The fourth-order valence-electron chi connectivity index (χ4n) is 2.24. The van der Waals surface area contributed by atoms with Crippen LogP contribution in [0.25, 0.3) is 0 Å². The number of aliphatic hydroxyl groups excluding tert-OH is 1. The van der Waals surface area contributed by atoms with E-state index in [1.165, 1.54) is 0 Å². The van der Waals surface area contributed by atoms with Gasteiger partial charge in [-0.25, -0.2) is 0 Å². The number of benzene rings is 1. The molecule has 0 bridgehead atoms. The Labute approximate surface area is 114 Å². The van der Waals surface area contributed by atoms with Gasteiger partial charge in [-0.1, -0.05) is 6.07 Å². The molecular weight excluding hydrogens is 242 g/mol. The molecule has 0 aliphatic carbocycles. The summed E-state index contributed by atoms with van der Waals surface area (Å²) in [5, 5.41) is 9.54. The highest BCUT2D eigenvalue weighted by molar-refractivity contribution is 5.36. The van der Waals surface area contributed by atoms with Crippen molar-refractivity contribution >= 4 is 0 Å². The summed E-state index contributed by atoms with van der Waals surface area (Å²) >= 11 is 0. The van der Waals surface area contributed by atoms with Crippen LogP contribution >= 0.6 is 0 Å². The molecule has 1 N–H and O–H groups in total. The summed E-state index contributed by atoms with van der Waals surface area (Å²) < 4.78 is 11.5. The van der Waals surface area contributed by atoms with Gasteiger partial charge in [-0.15, -0.1) is 0 Å². The highest BCUT2D eigenvalue weighted by atomic mass is 16.5. The number of aryl methyl sites for hydroxylation is 1. The van der Waals surface area contributed by atoms with Crippen molar-refractivity contribution in [2.45, 2.75) is 26.1 Å². The Morgan fingerprint density at radius 3 is 2.95 bits per heavy atom. The van der Waals surface area contributed by atoms with Crippen LogP contribution in [-0.4, -0.2) is 49.5 Å². The fourth-order valence-corrected chi connectivity index (χ4v) is 2.24. The highest BCUT2D eigenvalue weighted by Crippen LogP contribution is 2.23. The predicted molar refractivity (Wildman–Crippen MR) is 74.5 cm³/mol. The Bertz CT molecular complexity index is 420. The average molecular weight is 265 g/mol. The second-order valence-corrected chi connectivity index (χ2v) is 5.27. The van der Waals surface area contributed by atoms with Crippen molar-refractivity contribution in [1.29, 1.82) is 0 Å². The van der Waals surface area contributed by atoms with Gasteiger partial charge in [0.05, 0.1) is 12.7 Å². The minimum Gasteiger partial charge on any atom is -0.491 e. The quantitative estimate of drug-likeness (QED) is 0.900. The molecule has 1 aliphatic rings. The number of rotatable bonds is 4. The number of morpholine rings is 1. The fraction of sp³-hybridized carbons (Fsp3) is 0.600. The van der Waals surface area contributed by atoms with Crippen molar-refractivity contribution in [3.63, 3.8) is 0 Å². The van der Waals surface area contributed by atoms with E-state index in [0.717, 1.165) is 36.6 Å². The van der Waals surface area contributed by atoms with Gasteiger partial charge in [-0.3, -0.25) is 0 Å². The molecule has 2 rings (SSSR count). The molecule has 1 saturated heterocycles. The van der Waals surface area contributed by atoms with E-state index in [4.69, 9.17) is 9.47 Å². The zero-order chi connectivity index (χ0) is 13.8. The molecule has 19 heavy (non-hydrogen) atoms. The van der Waals surface area contributed by atoms with Crippen molar-refractivity contribution in [3.05, 3.63) is 29.3 Å². The number of hydrogen-bond donors (Lipinski definition) is 1. The Morgan fingerprint density at radius 1 is 1.53 bits per heavy atom. The van der Waals surface area contributed by atoms with Crippen LogP contribution in [0.4, 0.5) is 0 Å². The molecule has 0 spiro atoms. The molecular formula is C15H23NO3. The summed E-state index contributed by atoms with van der Waals surface area (Å²) in [4.78, 5) is 2.25. The molecule has 2 unspecified atom stereocenters. The predicted octanol–water partition coefficient (Wildman–Crippen LogP) is 1.76. The maximum atomic E-state index is 9.54. The molecule has 1 aromatic rings. The Hall–Kier alpha value is -1.10. The standard InChI is InChI=1S/C15H23NO3/c1-11-8-13(12(2)17)4-5-15(11)19-10-14-9-16(3)6-7-18-14/h4-5,8,12,14,17H,6-7,9-10H2,1-3H3. The Balaban J connectivity index is 1.92. The van der Waals surface area contributed by atoms with E-state index in [1.54, 1.807) is 6.92 Å². The van der Waals surface area contributed by atoms with Crippen molar-refractivity contribution in [1.82, 2.24) is 4.90 Å². The van der Waals surface area contributed by atoms with Gasteiger partial charge in [-0.05, 0) is 44.2 Å². The molecule has 106 valence electrons. The zero-order valence-corrected chi connectivity index (χ0v) is 11.9. The molecule has 1 aliphatic heterocycles. The van der Waals surface area contributed by atoms with Gasteiger partial charge >= 0.3 is 0 Å². The lowest BCUT2D eigenvalue weighted by atomic mass is 10.1. The van der Waals surface area contributed by atoms with Crippen molar-refractivity contribution in [3.8, 4) is 5.75 Å². The first-order valence-electron chi connectivity index (χ1n) is 6.78. The lowest BCUT2D eigenvalue weighted by Gasteiger charge is -2.30. The number of aliphatic hydroxyl groups is 1. The first kappa shape index (κ1) is 14.3.